The number of rotatable bonds is 6. The monoisotopic (exact) mass is 221 g/mol. The summed E-state index contributed by atoms with van der Waals surface area (Å²) in [6, 6.07) is 7.56. The highest BCUT2D eigenvalue weighted by molar-refractivity contribution is 5.17. The van der Waals surface area contributed by atoms with Gasteiger partial charge >= 0.3 is 0 Å². The standard InChI is InChI=1S/C14H20FN/c1-2-13(9-11-7-8-11)16-10-12-5-3-4-6-14(12)15/h3-6,11,13,16H,2,7-10H2,1H3. The summed E-state index contributed by atoms with van der Waals surface area (Å²) in [6.45, 7) is 2.85. The van der Waals surface area contributed by atoms with Gasteiger partial charge in [-0.05, 0) is 24.8 Å². The van der Waals surface area contributed by atoms with Crippen molar-refractivity contribution in [3.63, 3.8) is 0 Å². The molecule has 1 unspecified atom stereocenters. The van der Waals surface area contributed by atoms with Crippen molar-refractivity contribution in [1.82, 2.24) is 5.32 Å². The van der Waals surface area contributed by atoms with E-state index < -0.39 is 0 Å². The molecule has 0 radical (unpaired) electrons. The highest BCUT2D eigenvalue weighted by atomic mass is 19.1. The molecule has 0 spiro atoms. The summed E-state index contributed by atoms with van der Waals surface area (Å²) >= 11 is 0. The lowest BCUT2D eigenvalue weighted by molar-refractivity contribution is 0.439. The molecule has 88 valence electrons. The molecule has 2 rings (SSSR count). The minimum absolute atomic E-state index is 0.101. The molecule has 16 heavy (non-hydrogen) atoms. The molecule has 0 heterocycles. The third kappa shape index (κ3) is 3.31. The molecule has 1 saturated carbocycles. The van der Waals surface area contributed by atoms with Crippen LogP contribution in [0.2, 0.25) is 0 Å². The lowest BCUT2D eigenvalue weighted by atomic mass is 10.1. The van der Waals surface area contributed by atoms with Gasteiger partial charge in [0.2, 0.25) is 0 Å². The average Bonchev–Trinajstić information content (AvgIpc) is 3.10. The topological polar surface area (TPSA) is 12.0 Å². The predicted molar refractivity (Wildman–Crippen MR) is 64.7 cm³/mol. The first-order chi connectivity index (χ1) is 7.79. The summed E-state index contributed by atoms with van der Waals surface area (Å²) in [7, 11) is 0. The molecule has 1 aromatic carbocycles. The highest BCUT2D eigenvalue weighted by Crippen LogP contribution is 2.34. The number of nitrogens with one attached hydrogen (secondary N) is 1. The van der Waals surface area contributed by atoms with Crippen LogP contribution in [-0.2, 0) is 6.54 Å². The van der Waals surface area contributed by atoms with Crippen LogP contribution in [0.4, 0.5) is 4.39 Å². The predicted octanol–water partition coefficient (Wildman–Crippen LogP) is 3.49. The van der Waals surface area contributed by atoms with Gasteiger partial charge in [-0.2, -0.15) is 0 Å². The Hall–Kier alpha value is -0.890. The van der Waals surface area contributed by atoms with Crippen LogP contribution in [0.1, 0.15) is 38.2 Å². The van der Waals surface area contributed by atoms with Crippen molar-refractivity contribution in [2.75, 3.05) is 0 Å². The molecule has 1 aliphatic carbocycles. The fraction of sp³-hybridized carbons (Fsp3) is 0.571. The molecule has 0 aliphatic heterocycles. The molecule has 1 N–H and O–H groups in total. The van der Waals surface area contributed by atoms with E-state index in [1.54, 1.807) is 6.07 Å². The summed E-state index contributed by atoms with van der Waals surface area (Å²) in [5, 5.41) is 3.46. The normalized spacial score (nSPS) is 17.4. The van der Waals surface area contributed by atoms with Gasteiger partial charge in [-0.15, -0.1) is 0 Å². The number of benzene rings is 1. The minimum atomic E-state index is -0.101. The first-order valence-corrected chi connectivity index (χ1v) is 6.26. The van der Waals surface area contributed by atoms with E-state index in [2.05, 4.69) is 12.2 Å². The molecule has 0 saturated heterocycles. The second-order valence-corrected chi connectivity index (χ2v) is 4.76. The Morgan fingerprint density at radius 3 is 2.75 bits per heavy atom. The van der Waals surface area contributed by atoms with Crippen LogP contribution in [0.3, 0.4) is 0 Å². The zero-order chi connectivity index (χ0) is 11.4. The lowest BCUT2D eigenvalue weighted by Crippen LogP contribution is -2.28. The maximum absolute atomic E-state index is 13.4. The first kappa shape index (κ1) is 11.6. The van der Waals surface area contributed by atoms with Crippen LogP contribution in [0.25, 0.3) is 0 Å². The van der Waals surface area contributed by atoms with Crippen LogP contribution < -0.4 is 5.32 Å². The van der Waals surface area contributed by atoms with Gasteiger partial charge in [-0.3, -0.25) is 0 Å². The Balaban J connectivity index is 1.82. The molecule has 1 atom stereocenters. The smallest absolute Gasteiger partial charge is 0.127 e. The number of hydrogen-bond donors (Lipinski definition) is 1. The van der Waals surface area contributed by atoms with Crippen LogP contribution in [0.5, 0.6) is 0 Å². The zero-order valence-corrected chi connectivity index (χ0v) is 9.88. The van der Waals surface area contributed by atoms with E-state index in [1.165, 1.54) is 25.3 Å². The Bertz CT molecular complexity index is 333. The summed E-state index contributed by atoms with van der Waals surface area (Å²) in [5.74, 6) is 0.828. The van der Waals surface area contributed by atoms with Crippen molar-refractivity contribution in [3.05, 3.63) is 35.6 Å². The van der Waals surface area contributed by atoms with Crippen molar-refractivity contribution in [3.8, 4) is 0 Å². The number of hydrogen-bond acceptors (Lipinski definition) is 1. The van der Waals surface area contributed by atoms with Crippen molar-refractivity contribution >= 4 is 0 Å². The van der Waals surface area contributed by atoms with E-state index >= 15 is 0 Å². The molecule has 0 aromatic heterocycles. The Morgan fingerprint density at radius 2 is 2.12 bits per heavy atom. The fourth-order valence-electron chi connectivity index (χ4n) is 2.05. The van der Waals surface area contributed by atoms with Gasteiger partial charge in [0.05, 0.1) is 0 Å². The molecule has 1 nitrogen and oxygen atoms in total. The SMILES string of the molecule is CCC(CC1CC1)NCc1ccccc1F. The summed E-state index contributed by atoms with van der Waals surface area (Å²) in [4.78, 5) is 0. The largest absolute Gasteiger partial charge is 0.310 e. The fourth-order valence-corrected chi connectivity index (χ4v) is 2.05. The molecule has 2 heteroatoms. The van der Waals surface area contributed by atoms with E-state index in [0.717, 1.165) is 17.9 Å². The minimum Gasteiger partial charge on any atom is -0.310 e. The quantitative estimate of drug-likeness (QED) is 0.775. The Labute approximate surface area is 97.1 Å². The summed E-state index contributed by atoms with van der Waals surface area (Å²) in [5.41, 5.74) is 0.775. The third-order valence-electron chi connectivity index (χ3n) is 3.35. The van der Waals surface area contributed by atoms with Crippen LogP contribution >= 0.6 is 0 Å². The zero-order valence-electron chi connectivity index (χ0n) is 9.88. The average molecular weight is 221 g/mol. The maximum Gasteiger partial charge on any atom is 0.127 e. The van der Waals surface area contributed by atoms with E-state index in [-0.39, 0.29) is 5.82 Å². The second kappa shape index (κ2) is 5.44. The van der Waals surface area contributed by atoms with E-state index in [1.807, 2.05) is 12.1 Å². The molecular formula is C14H20FN. The lowest BCUT2D eigenvalue weighted by Gasteiger charge is -2.16. The van der Waals surface area contributed by atoms with Crippen LogP contribution in [0, 0.1) is 11.7 Å². The first-order valence-electron chi connectivity index (χ1n) is 6.26. The van der Waals surface area contributed by atoms with Crippen molar-refractivity contribution in [2.24, 2.45) is 5.92 Å². The molecule has 1 fully saturated rings. The second-order valence-electron chi connectivity index (χ2n) is 4.76. The van der Waals surface area contributed by atoms with Gasteiger partial charge in [0.25, 0.3) is 0 Å². The van der Waals surface area contributed by atoms with Gasteiger partial charge < -0.3 is 5.32 Å². The van der Waals surface area contributed by atoms with Gasteiger partial charge in [0.15, 0.2) is 0 Å². The van der Waals surface area contributed by atoms with E-state index in [0.29, 0.717) is 12.6 Å². The molecule has 1 aliphatic rings. The van der Waals surface area contributed by atoms with E-state index in [9.17, 15) is 4.39 Å². The van der Waals surface area contributed by atoms with Crippen LogP contribution in [0.15, 0.2) is 24.3 Å². The summed E-state index contributed by atoms with van der Waals surface area (Å²) in [6.07, 6.45) is 5.16. The Kier molecular flexibility index (Phi) is 3.94. The third-order valence-corrected chi connectivity index (χ3v) is 3.35. The van der Waals surface area contributed by atoms with Gasteiger partial charge in [0, 0.05) is 18.2 Å². The van der Waals surface area contributed by atoms with Crippen molar-refractivity contribution in [2.45, 2.75) is 45.2 Å². The summed E-state index contributed by atoms with van der Waals surface area (Å²) < 4.78 is 13.4. The molecule has 0 amide bonds. The van der Waals surface area contributed by atoms with Crippen LogP contribution in [-0.4, -0.2) is 6.04 Å². The van der Waals surface area contributed by atoms with Crippen molar-refractivity contribution in [1.29, 1.82) is 0 Å². The van der Waals surface area contributed by atoms with Gasteiger partial charge in [0.1, 0.15) is 5.82 Å². The van der Waals surface area contributed by atoms with Crippen molar-refractivity contribution < 1.29 is 4.39 Å². The number of halogens is 1. The van der Waals surface area contributed by atoms with E-state index in [4.69, 9.17) is 0 Å². The molecule has 0 bridgehead atoms. The molecule has 1 aromatic rings. The van der Waals surface area contributed by atoms with Gasteiger partial charge in [-0.1, -0.05) is 38.0 Å². The van der Waals surface area contributed by atoms with Gasteiger partial charge in [-0.25, -0.2) is 4.39 Å². The maximum atomic E-state index is 13.4. The highest BCUT2D eigenvalue weighted by Gasteiger charge is 2.24. The molecular weight excluding hydrogens is 201 g/mol. The Morgan fingerprint density at radius 1 is 1.38 bits per heavy atom.